The van der Waals surface area contributed by atoms with Gasteiger partial charge in [-0.25, -0.2) is 9.97 Å². The summed E-state index contributed by atoms with van der Waals surface area (Å²) in [5, 5.41) is 5.62. The zero-order valence-electron chi connectivity index (χ0n) is 39.8. The Bertz CT molecular complexity index is 3040. The predicted octanol–water partition coefficient (Wildman–Crippen LogP) is 19.2. The summed E-state index contributed by atoms with van der Waals surface area (Å²) in [7, 11) is 0. The topological polar surface area (TPSA) is 30.7 Å². The van der Waals surface area contributed by atoms with Crippen LogP contribution in [0.5, 0.6) is 0 Å². The van der Waals surface area contributed by atoms with Gasteiger partial charge in [-0.3, -0.25) is 0 Å². The molecule has 9 aromatic rings. The summed E-state index contributed by atoms with van der Waals surface area (Å²) in [4.78, 5) is 14.2. The Morgan fingerprint density at radius 1 is 0.462 bits per heavy atom. The third kappa shape index (κ3) is 9.56. The van der Waals surface area contributed by atoms with Crippen LogP contribution < -0.4 is 0 Å². The quantitative estimate of drug-likeness (QED) is 0.0635. The van der Waals surface area contributed by atoms with Gasteiger partial charge < -0.3 is 4.57 Å². The van der Waals surface area contributed by atoms with Crippen LogP contribution in [0.2, 0.25) is 0 Å². The van der Waals surface area contributed by atoms with E-state index in [1.165, 1.54) is 166 Å². The summed E-state index contributed by atoms with van der Waals surface area (Å²) in [5.41, 5.74) is 14.3. The number of benzene rings is 5. The van der Waals surface area contributed by atoms with Crippen molar-refractivity contribution < 1.29 is 0 Å². The Hall–Kier alpha value is -4.84. The molecule has 4 heterocycles. The zero-order chi connectivity index (χ0) is 44.7. The number of aryl methyl sites for hydroxylation is 5. The molecule has 0 amide bonds. The molecular weight excluding hydrogens is 827 g/mol. The van der Waals surface area contributed by atoms with Crippen molar-refractivity contribution in [3.05, 3.63) is 119 Å². The molecule has 5 heteroatoms. The number of hydrogen-bond acceptors (Lipinski definition) is 4. The number of hydrogen-bond donors (Lipinski definition) is 0. The highest BCUT2D eigenvalue weighted by Crippen LogP contribution is 2.47. The van der Waals surface area contributed by atoms with Gasteiger partial charge in [0.15, 0.2) is 0 Å². The van der Waals surface area contributed by atoms with Crippen LogP contribution in [0.4, 0.5) is 0 Å². The monoisotopic (exact) mass is 895 g/mol. The maximum absolute atomic E-state index is 5.75. The Balaban J connectivity index is 1.19. The predicted molar refractivity (Wildman–Crippen MR) is 287 cm³/mol. The summed E-state index contributed by atoms with van der Waals surface area (Å²) >= 11 is 3.98. The molecule has 0 aliphatic carbocycles. The van der Waals surface area contributed by atoms with Crippen molar-refractivity contribution in [1.29, 1.82) is 0 Å². The average Bonchev–Trinajstić information content (AvgIpc) is 4.04. The van der Waals surface area contributed by atoms with Gasteiger partial charge in [-0.15, -0.1) is 22.7 Å². The normalized spacial score (nSPS) is 12.0. The van der Waals surface area contributed by atoms with Crippen LogP contribution in [0.15, 0.2) is 97.1 Å². The number of nitrogens with zero attached hydrogens (tertiary/aromatic N) is 3. The van der Waals surface area contributed by atoms with Gasteiger partial charge in [-0.05, 0) is 97.7 Å². The van der Waals surface area contributed by atoms with Gasteiger partial charge >= 0.3 is 0 Å². The summed E-state index contributed by atoms with van der Waals surface area (Å²) in [6.45, 7) is 12.5. The molecule has 65 heavy (non-hydrogen) atoms. The number of para-hydroxylation sites is 1. The number of fused-ring (bicyclic) bond motifs is 7. The van der Waals surface area contributed by atoms with Crippen molar-refractivity contribution in [3.8, 4) is 33.0 Å². The van der Waals surface area contributed by atoms with Crippen molar-refractivity contribution >= 4 is 75.7 Å². The van der Waals surface area contributed by atoms with Gasteiger partial charge in [0, 0.05) is 54.8 Å². The van der Waals surface area contributed by atoms with Gasteiger partial charge in [0.2, 0.25) is 0 Å². The lowest BCUT2D eigenvalue weighted by Crippen LogP contribution is -2.00. The Kier molecular flexibility index (Phi) is 14.8. The van der Waals surface area contributed by atoms with Crippen LogP contribution >= 0.6 is 22.7 Å². The van der Waals surface area contributed by atoms with Gasteiger partial charge in [0.1, 0.15) is 0 Å². The standard InChI is InChI=1S/C60H69N3S2/c1-6-9-12-15-17-22-29-45-46(30-23-18-16-13-10-7-2)51-40-54(65-60(51)59-50(45)38-42(5)64-59)49-35-33-41(4)55-58(49)62-56(43-27-20-19-21-28-43)57(61-55)44-34-36-48-47-31-24-25-32-52(47)63(53(48)39-44)37-26-14-11-8-3/h19-21,24-25,27-28,31-36,38-40H,6-18,22-23,26,29-30,37H2,1-5H3. The molecule has 0 unspecified atom stereocenters. The zero-order valence-corrected chi connectivity index (χ0v) is 41.5. The lowest BCUT2D eigenvalue weighted by Gasteiger charge is -2.15. The number of aromatic nitrogens is 3. The molecule has 0 spiro atoms. The van der Waals surface area contributed by atoms with Gasteiger partial charge in [0.25, 0.3) is 0 Å². The summed E-state index contributed by atoms with van der Waals surface area (Å²) < 4.78 is 5.49. The maximum atomic E-state index is 5.75. The van der Waals surface area contributed by atoms with Gasteiger partial charge in [0.05, 0.1) is 31.8 Å². The molecule has 0 aliphatic rings. The molecule has 0 atom stereocenters. The van der Waals surface area contributed by atoms with E-state index < -0.39 is 0 Å². The summed E-state index contributed by atoms with van der Waals surface area (Å²) in [5.74, 6) is 0. The minimum atomic E-state index is 0.942. The van der Waals surface area contributed by atoms with E-state index in [2.05, 4.69) is 136 Å². The Labute approximate surface area is 396 Å². The van der Waals surface area contributed by atoms with Gasteiger partial charge in [-0.2, -0.15) is 0 Å². The second-order valence-corrected chi connectivity index (χ2v) is 21.1. The van der Waals surface area contributed by atoms with Crippen LogP contribution in [0.1, 0.15) is 145 Å². The first-order valence-electron chi connectivity index (χ1n) is 25.3. The van der Waals surface area contributed by atoms with E-state index in [4.69, 9.17) is 9.97 Å². The van der Waals surface area contributed by atoms with Crippen LogP contribution in [0.25, 0.3) is 86.0 Å². The van der Waals surface area contributed by atoms with Crippen LogP contribution in [-0.2, 0) is 19.4 Å². The lowest BCUT2D eigenvalue weighted by atomic mass is 9.91. The van der Waals surface area contributed by atoms with Crippen LogP contribution in [-0.4, -0.2) is 14.5 Å². The smallest absolute Gasteiger partial charge is 0.0984 e. The number of thiophene rings is 2. The Morgan fingerprint density at radius 3 is 1.77 bits per heavy atom. The minimum absolute atomic E-state index is 0.942. The SMILES string of the molecule is CCCCCCCCc1c(CCCCCCCC)c2cc(-c3ccc(C)c4nc(-c5ccc6c7ccccc7n(CCCCCC)c6c5)c(-c5ccccc5)nc34)sc2c2sc(C)cc12. The fourth-order valence-corrected chi connectivity index (χ4v) is 12.9. The van der Waals surface area contributed by atoms with Crippen molar-refractivity contribution in [2.45, 2.75) is 157 Å². The Morgan fingerprint density at radius 2 is 1.05 bits per heavy atom. The van der Waals surface area contributed by atoms with Crippen molar-refractivity contribution in [2.24, 2.45) is 0 Å². The lowest BCUT2D eigenvalue weighted by molar-refractivity contribution is 0.600. The van der Waals surface area contributed by atoms with E-state index >= 15 is 0 Å². The first kappa shape index (κ1) is 45.3. The van der Waals surface area contributed by atoms with Crippen LogP contribution in [0, 0.1) is 13.8 Å². The van der Waals surface area contributed by atoms with Crippen molar-refractivity contribution in [2.75, 3.05) is 0 Å². The molecule has 0 saturated carbocycles. The van der Waals surface area contributed by atoms with E-state index in [1.54, 1.807) is 11.1 Å². The highest BCUT2D eigenvalue weighted by Gasteiger charge is 2.23. The first-order valence-corrected chi connectivity index (χ1v) is 27.0. The molecule has 0 fully saturated rings. The van der Waals surface area contributed by atoms with Gasteiger partial charge in [-0.1, -0.05) is 177 Å². The summed E-state index contributed by atoms with van der Waals surface area (Å²) in [6.07, 6.45) is 23.2. The van der Waals surface area contributed by atoms with E-state index in [9.17, 15) is 0 Å². The second kappa shape index (κ2) is 21.2. The summed E-state index contributed by atoms with van der Waals surface area (Å²) in [6, 6.07) is 36.4. The third-order valence-corrected chi connectivity index (χ3v) is 16.4. The van der Waals surface area contributed by atoms with E-state index in [0.717, 1.165) is 52.1 Å². The fourth-order valence-electron chi connectivity index (χ4n) is 10.5. The van der Waals surface area contributed by atoms with E-state index in [0.29, 0.717) is 0 Å². The first-order chi connectivity index (χ1) is 32.0. The number of rotatable bonds is 22. The molecular formula is C60H69N3S2. The highest BCUT2D eigenvalue weighted by atomic mass is 32.1. The van der Waals surface area contributed by atoms with E-state index in [-0.39, 0.29) is 0 Å². The van der Waals surface area contributed by atoms with Crippen LogP contribution in [0.3, 0.4) is 0 Å². The van der Waals surface area contributed by atoms with Crippen molar-refractivity contribution in [1.82, 2.24) is 14.5 Å². The molecule has 0 N–H and O–H groups in total. The fraction of sp³-hybridized carbons (Fsp3) is 0.400. The third-order valence-electron chi connectivity index (χ3n) is 14.0. The molecule has 0 bridgehead atoms. The molecule has 0 aliphatic heterocycles. The maximum Gasteiger partial charge on any atom is 0.0984 e. The molecule has 0 radical (unpaired) electrons. The molecule has 0 saturated heterocycles. The largest absolute Gasteiger partial charge is 0.340 e. The molecule has 3 nitrogen and oxygen atoms in total. The minimum Gasteiger partial charge on any atom is -0.340 e. The molecule has 5 aromatic carbocycles. The molecule has 336 valence electrons. The highest BCUT2D eigenvalue weighted by molar-refractivity contribution is 7.29. The average molecular weight is 896 g/mol. The van der Waals surface area contributed by atoms with Crippen molar-refractivity contribution in [3.63, 3.8) is 0 Å². The second-order valence-electron chi connectivity index (χ2n) is 18.8. The molecule has 9 rings (SSSR count). The van der Waals surface area contributed by atoms with E-state index in [1.807, 2.05) is 22.7 Å². The number of unbranched alkanes of at least 4 members (excludes halogenated alkanes) is 13. The molecule has 4 aromatic heterocycles.